The van der Waals surface area contributed by atoms with E-state index >= 15 is 0 Å². The van der Waals surface area contributed by atoms with Gasteiger partial charge in [0, 0.05) is 10.9 Å². The molecule has 3 heteroatoms. The fraction of sp³-hybridized carbons (Fsp3) is 0.333. The average molecular weight is 145 g/mol. The molecule has 9 heavy (non-hydrogen) atoms. The highest BCUT2D eigenvalue weighted by Crippen LogP contribution is 2.19. The summed E-state index contributed by atoms with van der Waals surface area (Å²) in [6.45, 7) is 1.84. The molecule has 0 aliphatic carbocycles. The van der Waals surface area contributed by atoms with Gasteiger partial charge in [0.05, 0.1) is 0 Å². The zero-order valence-corrected chi connectivity index (χ0v) is 5.91. The Morgan fingerprint density at radius 1 is 1.67 bits per heavy atom. The summed E-state index contributed by atoms with van der Waals surface area (Å²) in [5, 5.41) is -0.165. The Morgan fingerprint density at radius 3 is 2.56 bits per heavy atom. The SMILES string of the molecule is C[C@H](N)c1ccc(F)s1. The highest BCUT2D eigenvalue weighted by molar-refractivity contribution is 7.10. The van der Waals surface area contributed by atoms with Crippen molar-refractivity contribution in [3.63, 3.8) is 0 Å². The minimum Gasteiger partial charge on any atom is -0.324 e. The maximum absolute atomic E-state index is 12.3. The summed E-state index contributed by atoms with van der Waals surface area (Å²) in [4.78, 5) is 0.896. The summed E-state index contributed by atoms with van der Waals surface area (Å²) in [6, 6.07) is 3.10. The van der Waals surface area contributed by atoms with Crippen LogP contribution in [-0.2, 0) is 0 Å². The van der Waals surface area contributed by atoms with Crippen molar-refractivity contribution in [2.45, 2.75) is 13.0 Å². The van der Waals surface area contributed by atoms with Crippen molar-refractivity contribution in [2.24, 2.45) is 5.73 Å². The minimum absolute atomic E-state index is 0.0421. The Bertz CT molecular complexity index is 195. The number of rotatable bonds is 1. The predicted octanol–water partition coefficient (Wildman–Crippen LogP) is 1.91. The van der Waals surface area contributed by atoms with Crippen molar-refractivity contribution in [1.82, 2.24) is 0 Å². The molecule has 1 aromatic heterocycles. The van der Waals surface area contributed by atoms with Crippen molar-refractivity contribution in [3.05, 3.63) is 22.1 Å². The zero-order chi connectivity index (χ0) is 6.85. The van der Waals surface area contributed by atoms with Crippen LogP contribution in [0.1, 0.15) is 17.8 Å². The second-order valence-electron chi connectivity index (χ2n) is 1.93. The molecule has 0 amide bonds. The van der Waals surface area contributed by atoms with Gasteiger partial charge in [0.2, 0.25) is 0 Å². The summed E-state index contributed by atoms with van der Waals surface area (Å²) in [5.74, 6) is 0. The number of hydrogen-bond donors (Lipinski definition) is 1. The van der Waals surface area contributed by atoms with Crippen LogP contribution in [0.15, 0.2) is 12.1 Å². The zero-order valence-electron chi connectivity index (χ0n) is 5.10. The lowest BCUT2D eigenvalue weighted by Crippen LogP contribution is -2.01. The first kappa shape index (κ1) is 6.71. The summed E-state index contributed by atoms with van der Waals surface area (Å²) >= 11 is 1.10. The van der Waals surface area contributed by atoms with Crippen LogP contribution >= 0.6 is 11.3 Å². The van der Waals surface area contributed by atoms with Gasteiger partial charge >= 0.3 is 0 Å². The van der Waals surface area contributed by atoms with Gasteiger partial charge < -0.3 is 5.73 Å². The van der Waals surface area contributed by atoms with Crippen molar-refractivity contribution >= 4 is 11.3 Å². The van der Waals surface area contributed by atoms with Gasteiger partial charge in [0.25, 0.3) is 0 Å². The summed E-state index contributed by atoms with van der Waals surface area (Å²) in [5.41, 5.74) is 5.47. The normalized spacial score (nSPS) is 13.7. The Kier molecular flexibility index (Phi) is 1.83. The Balaban J connectivity index is 2.85. The van der Waals surface area contributed by atoms with Gasteiger partial charge in [-0.25, -0.2) is 0 Å². The van der Waals surface area contributed by atoms with Gasteiger partial charge in [0.1, 0.15) is 0 Å². The van der Waals surface area contributed by atoms with E-state index in [4.69, 9.17) is 5.73 Å². The molecular formula is C6H8FNS. The van der Waals surface area contributed by atoms with Crippen LogP contribution in [0.3, 0.4) is 0 Å². The number of hydrogen-bond acceptors (Lipinski definition) is 2. The van der Waals surface area contributed by atoms with E-state index in [0.29, 0.717) is 0 Å². The van der Waals surface area contributed by atoms with Gasteiger partial charge in [-0.05, 0) is 19.1 Å². The second-order valence-corrected chi connectivity index (χ2v) is 3.00. The van der Waals surface area contributed by atoms with E-state index in [2.05, 4.69) is 0 Å². The molecule has 0 fully saturated rings. The lowest BCUT2D eigenvalue weighted by atomic mass is 10.3. The molecule has 0 saturated heterocycles. The molecule has 0 bridgehead atoms. The van der Waals surface area contributed by atoms with E-state index in [1.165, 1.54) is 6.07 Å². The van der Waals surface area contributed by atoms with E-state index in [1.807, 2.05) is 6.92 Å². The molecule has 1 atom stereocenters. The molecule has 0 saturated carbocycles. The predicted molar refractivity (Wildman–Crippen MR) is 36.9 cm³/mol. The first-order valence-corrected chi connectivity index (χ1v) is 3.52. The third-order valence-corrected chi connectivity index (χ3v) is 2.12. The Hall–Kier alpha value is -0.410. The minimum atomic E-state index is -0.165. The smallest absolute Gasteiger partial charge is 0.176 e. The van der Waals surface area contributed by atoms with Gasteiger partial charge in [-0.2, -0.15) is 4.39 Å². The Labute approximate surface area is 57.3 Å². The van der Waals surface area contributed by atoms with Crippen LogP contribution in [0, 0.1) is 5.13 Å². The topological polar surface area (TPSA) is 26.0 Å². The molecule has 2 N–H and O–H groups in total. The molecular weight excluding hydrogens is 137 g/mol. The number of nitrogens with two attached hydrogens (primary N) is 1. The lowest BCUT2D eigenvalue weighted by molar-refractivity contribution is 0.657. The molecule has 1 nitrogen and oxygen atoms in total. The highest BCUT2D eigenvalue weighted by Gasteiger charge is 2.01. The van der Waals surface area contributed by atoms with Gasteiger partial charge in [0.15, 0.2) is 5.13 Å². The van der Waals surface area contributed by atoms with E-state index in [-0.39, 0.29) is 11.2 Å². The standard InChI is InChI=1S/C6H8FNS/c1-4(8)5-2-3-6(7)9-5/h2-4H,8H2,1H3/t4-/m0/s1. The number of halogens is 1. The molecule has 0 aromatic carbocycles. The third-order valence-electron chi connectivity index (χ3n) is 1.04. The quantitative estimate of drug-likeness (QED) is 0.641. The molecule has 50 valence electrons. The maximum atomic E-state index is 12.3. The van der Waals surface area contributed by atoms with Crippen molar-refractivity contribution < 1.29 is 4.39 Å². The molecule has 0 radical (unpaired) electrons. The molecule has 1 aromatic rings. The highest BCUT2D eigenvalue weighted by atomic mass is 32.1. The van der Waals surface area contributed by atoms with Gasteiger partial charge in [-0.15, -0.1) is 11.3 Å². The van der Waals surface area contributed by atoms with E-state index in [0.717, 1.165) is 16.2 Å². The van der Waals surface area contributed by atoms with Crippen molar-refractivity contribution in [3.8, 4) is 0 Å². The molecule has 0 aliphatic heterocycles. The first-order chi connectivity index (χ1) is 4.20. The van der Waals surface area contributed by atoms with Crippen LogP contribution in [0.25, 0.3) is 0 Å². The number of thiophene rings is 1. The van der Waals surface area contributed by atoms with Gasteiger partial charge in [-0.1, -0.05) is 0 Å². The fourth-order valence-electron chi connectivity index (χ4n) is 0.573. The van der Waals surface area contributed by atoms with E-state index in [1.54, 1.807) is 6.07 Å². The van der Waals surface area contributed by atoms with Crippen LogP contribution in [0.5, 0.6) is 0 Å². The van der Waals surface area contributed by atoms with Crippen LogP contribution in [0.2, 0.25) is 0 Å². The fourth-order valence-corrected chi connectivity index (χ4v) is 1.26. The lowest BCUT2D eigenvalue weighted by Gasteiger charge is -1.96. The Morgan fingerprint density at radius 2 is 2.33 bits per heavy atom. The maximum Gasteiger partial charge on any atom is 0.176 e. The van der Waals surface area contributed by atoms with Crippen LogP contribution in [-0.4, -0.2) is 0 Å². The molecule has 0 spiro atoms. The molecule has 0 unspecified atom stereocenters. The van der Waals surface area contributed by atoms with Crippen molar-refractivity contribution in [1.29, 1.82) is 0 Å². The van der Waals surface area contributed by atoms with Crippen LogP contribution in [0.4, 0.5) is 4.39 Å². The first-order valence-electron chi connectivity index (χ1n) is 2.71. The summed E-state index contributed by atoms with van der Waals surface area (Å²) in [6.07, 6.45) is 0. The summed E-state index contributed by atoms with van der Waals surface area (Å²) < 4.78 is 12.3. The molecule has 1 rings (SSSR count). The van der Waals surface area contributed by atoms with E-state index < -0.39 is 0 Å². The van der Waals surface area contributed by atoms with Crippen molar-refractivity contribution in [2.75, 3.05) is 0 Å². The third kappa shape index (κ3) is 1.50. The largest absolute Gasteiger partial charge is 0.324 e. The van der Waals surface area contributed by atoms with Crippen LogP contribution < -0.4 is 5.73 Å². The average Bonchev–Trinajstić information content (AvgIpc) is 2.14. The second kappa shape index (κ2) is 2.45. The van der Waals surface area contributed by atoms with E-state index in [9.17, 15) is 4.39 Å². The molecule has 1 heterocycles. The monoisotopic (exact) mass is 145 g/mol. The van der Waals surface area contributed by atoms with Gasteiger partial charge in [-0.3, -0.25) is 0 Å². The molecule has 0 aliphatic rings. The summed E-state index contributed by atoms with van der Waals surface area (Å²) in [7, 11) is 0.